The minimum Gasteiger partial charge on any atom is -0.307 e. The number of rotatable bonds is 5. The number of hydrogen-bond acceptors (Lipinski definition) is 3. The molecule has 0 aliphatic carbocycles. The number of aromatic nitrogens is 7. The Morgan fingerprint density at radius 3 is 0.985 bits per heavy atom. The molecule has 0 fully saturated rings. The van der Waals surface area contributed by atoms with Crippen molar-refractivity contribution in [2.75, 3.05) is 0 Å². The molecule has 5 heterocycles. The van der Waals surface area contributed by atoms with Crippen LogP contribution in [0, 0.1) is 0 Å². The van der Waals surface area contributed by atoms with Crippen LogP contribution in [0.2, 0.25) is 0 Å². The Morgan fingerprint density at radius 1 is 0.294 bits per heavy atom. The summed E-state index contributed by atoms with van der Waals surface area (Å²) >= 11 is 0. The van der Waals surface area contributed by atoms with Crippen LogP contribution in [-0.2, 0) is 5.41 Å². The van der Waals surface area contributed by atoms with Gasteiger partial charge in [0.2, 0.25) is 11.9 Å². The standard InChI is InChI=1S/C61H43N7/c1-61(2,3)39-32-30-38(31-33-39)58-62-59(67-52-28-16-12-24-44(52)48-36-34-46-42-22-10-14-26-50(42)65(54(46)56(48)67)40-18-6-4-7-19-40)64-60(63-58)68-53-29-17-13-25-45(53)49-37-35-47-43-23-11-15-27-51(43)66(55(47)57(49)68)41-20-8-5-9-21-41/h4-37H,1-3H3. The molecule has 0 saturated carbocycles. The van der Waals surface area contributed by atoms with Crippen LogP contribution in [0.1, 0.15) is 26.3 Å². The van der Waals surface area contributed by atoms with Gasteiger partial charge in [-0.1, -0.05) is 178 Å². The van der Waals surface area contributed by atoms with Crippen molar-refractivity contribution in [3.63, 3.8) is 0 Å². The van der Waals surface area contributed by atoms with E-state index in [9.17, 15) is 0 Å². The smallest absolute Gasteiger partial charge is 0.240 e. The van der Waals surface area contributed by atoms with Crippen molar-refractivity contribution in [3.8, 4) is 34.7 Å². The molecule has 7 nitrogen and oxygen atoms in total. The first-order chi connectivity index (χ1) is 33.4. The third kappa shape index (κ3) is 5.50. The molecule has 9 aromatic carbocycles. The average Bonchev–Trinajstić information content (AvgIpc) is 4.12. The number of fused-ring (bicyclic) bond motifs is 14. The minimum atomic E-state index is -0.0228. The van der Waals surface area contributed by atoms with Gasteiger partial charge in [0.1, 0.15) is 0 Å². The first-order valence-electron chi connectivity index (χ1n) is 23.3. The zero-order valence-electron chi connectivity index (χ0n) is 37.8. The molecule has 322 valence electrons. The number of para-hydroxylation sites is 6. The van der Waals surface area contributed by atoms with Crippen molar-refractivity contribution in [3.05, 3.63) is 212 Å². The van der Waals surface area contributed by atoms with E-state index < -0.39 is 0 Å². The third-order valence-corrected chi connectivity index (χ3v) is 14.0. The van der Waals surface area contributed by atoms with Crippen LogP contribution in [0.15, 0.2) is 206 Å². The van der Waals surface area contributed by atoms with Gasteiger partial charge in [-0.3, -0.25) is 9.13 Å². The van der Waals surface area contributed by atoms with Crippen LogP contribution < -0.4 is 0 Å². The molecular formula is C61H43N7. The van der Waals surface area contributed by atoms with E-state index in [2.05, 4.69) is 245 Å². The molecule has 5 aromatic heterocycles. The monoisotopic (exact) mass is 873 g/mol. The van der Waals surface area contributed by atoms with Crippen LogP contribution in [0.5, 0.6) is 0 Å². The molecule has 14 rings (SSSR count). The normalized spacial score (nSPS) is 12.3. The van der Waals surface area contributed by atoms with Gasteiger partial charge in [-0.05, 0) is 59.5 Å². The molecule has 7 heteroatoms. The molecule has 0 amide bonds. The van der Waals surface area contributed by atoms with E-state index >= 15 is 0 Å². The van der Waals surface area contributed by atoms with E-state index in [1.54, 1.807) is 0 Å². The lowest BCUT2D eigenvalue weighted by atomic mass is 9.87. The summed E-state index contributed by atoms with van der Waals surface area (Å²) in [6.07, 6.45) is 0. The van der Waals surface area contributed by atoms with Gasteiger partial charge in [0.05, 0.1) is 44.1 Å². The molecule has 0 aliphatic heterocycles. The predicted molar refractivity (Wildman–Crippen MR) is 281 cm³/mol. The van der Waals surface area contributed by atoms with Crippen LogP contribution >= 0.6 is 0 Å². The van der Waals surface area contributed by atoms with Crippen LogP contribution in [-0.4, -0.2) is 33.2 Å². The second-order valence-electron chi connectivity index (χ2n) is 18.9. The van der Waals surface area contributed by atoms with E-state index in [0.717, 1.165) is 93.4 Å². The quantitative estimate of drug-likeness (QED) is 0.173. The Morgan fingerprint density at radius 2 is 0.618 bits per heavy atom. The Hall–Kier alpha value is -8.81. The highest BCUT2D eigenvalue weighted by molar-refractivity contribution is 6.25. The predicted octanol–water partition coefficient (Wildman–Crippen LogP) is 15.2. The number of hydrogen-bond donors (Lipinski definition) is 0. The van der Waals surface area contributed by atoms with Crippen molar-refractivity contribution in [1.82, 2.24) is 33.2 Å². The van der Waals surface area contributed by atoms with Crippen LogP contribution in [0.3, 0.4) is 0 Å². The van der Waals surface area contributed by atoms with Gasteiger partial charge < -0.3 is 9.13 Å². The van der Waals surface area contributed by atoms with Crippen LogP contribution in [0.4, 0.5) is 0 Å². The maximum absolute atomic E-state index is 5.71. The number of nitrogens with zero attached hydrogens (tertiary/aromatic N) is 7. The second-order valence-corrected chi connectivity index (χ2v) is 18.9. The van der Waals surface area contributed by atoms with Gasteiger partial charge in [-0.15, -0.1) is 0 Å². The highest BCUT2D eigenvalue weighted by Gasteiger charge is 2.27. The maximum atomic E-state index is 5.71. The van der Waals surface area contributed by atoms with E-state index in [4.69, 9.17) is 15.0 Å². The minimum absolute atomic E-state index is 0.0228. The molecule has 0 N–H and O–H groups in total. The molecule has 0 spiro atoms. The van der Waals surface area contributed by atoms with Gasteiger partial charge >= 0.3 is 0 Å². The lowest BCUT2D eigenvalue weighted by molar-refractivity contribution is 0.590. The fourth-order valence-corrected chi connectivity index (χ4v) is 10.9. The highest BCUT2D eigenvalue weighted by atomic mass is 15.3. The summed E-state index contributed by atoms with van der Waals surface area (Å²) in [6.45, 7) is 6.74. The second kappa shape index (κ2) is 14.3. The molecule has 14 aromatic rings. The molecule has 0 bridgehead atoms. The van der Waals surface area contributed by atoms with E-state index in [1.165, 1.54) is 16.3 Å². The summed E-state index contributed by atoms with van der Waals surface area (Å²) in [5, 5.41) is 9.18. The summed E-state index contributed by atoms with van der Waals surface area (Å²) in [6, 6.07) is 74.0. The summed E-state index contributed by atoms with van der Waals surface area (Å²) in [5.41, 5.74) is 12.9. The molecule has 0 saturated heterocycles. The van der Waals surface area contributed by atoms with Crippen molar-refractivity contribution in [1.29, 1.82) is 0 Å². The van der Waals surface area contributed by atoms with Crippen molar-refractivity contribution >= 4 is 87.2 Å². The summed E-state index contributed by atoms with van der Waals surface area (Å²) in [4.78, 5) is 16.8. The van der Waals surface area contributed by atoms with Crippen LogP contribution in [0.25, 0.3) is 122 Å². The highest BCUT2D eigenvalue weighted by Crippen LogP contribution is 2.44. The van der Waals surface area contributed by atoms with E-state index in [0.29, 0.717) is 17.7 Å². The fraction of sp³-hybridized carbons (Fsp3) is 0.0656. The van der Waals surface area contributed by atoms with Gasteiger partial charge in [-0.25, -0.2) is 0 Å². The first-order valence-corrected chi connectivity index (χ1v) is 23.3. The molecule has 0 radical (unpaired) electrons. The zero-order chi connectivity index (χ0) is 45.3. The van der Waals surface area contributed by atoms with Gasteiger partial charge in [-0.2, -0.15) is 15.0 Å². The van der Waals surface area contributed by atoms with Crippen molar-refractivity contribution in [2.45, 2.75) is 26.2 Å². The fourth-order valence-electron chi connectivity index (χ4n) is 10.9. The number of benzene rings is 9. The SMILES string of the molecule is CC(C)(C)c1ccc(-c2nc(-n3c4ccccc4c4ccc5c6ccccc6n(-c6ccccc6)c5c43)nc(-n3c4ccccc4c4ccc5c6ccccc6n(-c6ccccc6)c5c43)n2)cc1. The molecule has 68 heavy (non-hydrogen) atoms. The van der Waals surface area contributed by atoms with E-state index in [1.807, 2.05) is 0 Å². The van der Waals surface area contributed by atoms with Crippen molar-refractivity contribution < 1.29 is 0 Å². The average molecular weight is 874 g/mol. The largest absolute Gasteiger partial charge is 0.307 e. The third-order valence-electron chi connectivity index (χ3n) is 14.0. The Kier molecular flexibility index (Phi) is 8.11. The van der Waals surface area contributed by atoms with Gasteiger partial charge in [0, 0.05) is 60.0 Å². The molecule has 0 aliphatic rings. The summed E-state index contributed by atoms with van der Waals surface area (Å²) in [5.74, 6) is 1.67. The Balaban J connectivity index is 1.16. The first kappa shape index (κ1) is 38.5. The van der Waals surface area contributed by atoms with Crippen molar-refractivity contribution in [2.24, 2.45) is 0 Å². The van der Waals surface area contributed by atoms with E-state index in [-0.39, 0.29) is 5.41 Å². The lowest BCUT2D eigenvalue weighted by Gasteiger charge is -2.19. The summed E-state index contributed by atoms with van der Waals surface area (Å²) < 4.78 is 9.38. The lowest BCUT2D eigenvalue weighted by Crippen LogP contribution is -2.12. The Bertz CT molecular complexity index is 4080. The zero-order valence-corrected chi connectivity index (χ0v) is 37.8. The molecule has 0 unspecified atom stereocenters. The van der Waals surface area contributed by atoms with Gasteiger partial charge in [0.25, 0.3) is 0 Å². The summed E-state index contributed by atoms with van der Waals surface area (Å²) in [7, 11) is 0. The topological polar surface area (TPSA) is 58.4 Å². The molecule has 0 atom stereocenters. The van der Waals surface area contributed by atoms with Gasteiger partial charge in [0.15, 0.2) is 5.82 Å². The molecular weight excluding hydrogens is 831 g/mol. The Labute approximate surface area is 391 Å². The maximum Gasteiger partial charge on any atom is 0.240 e.